The van der Waals surface area contributed by atoms with Crippen LogP contribution >= 0.6 is 0 Å². The van der Waals surface area contributed by atoms with Gasteiger partial charge in [0.15, 0.2) is 0 Å². The van der Waals surface area contributed by atoms with Gasteiger partial charge in [0.2, 0.25) is 0 Å². The zero-order valence-electron chi connectivity index (χ0n) is 21.5. The predicted molar refractivity (Wildman–Crippen MR) is 144 cm³/mol. The van der Waals surface area contributed by atoms with Crippen molar-refractivity contribution in [3.63, 3.8) is 0 Å². The molecule has 0 atom stereocenters. The summed E-state index contributed by atoms with van der Waals surface area (Å²) in [5, 5.41) is 14.0. The fourth-order valence-corrected chi connectivity index (χ4v) is 4.25. The van der Waals surface area contributed by atoms with Crippen LogP contribution < -0.4 is 10.2 Å². The zero-order chi connectivity index (χ0) is 24.8. The molecule has 34 heavy (non-hydrogen) atoms. The second-order valence-corrected chi connectivity index (χ2v) is 9.68. The van der Waals surface area contributed by atoms with Gasteiger partial charge in [-0.15, -0.1) is 0 Å². The molecule has 0 aliphatic carbocycles. The van der Waals surface area contributed by atoms with Gasteiger partial charge in [0.1, 0.15) is 11.4 Å². The minimum absolute atomic E-state index is 0.0611. The molecule has 0 spiro atoms. The normalized spacial score (nSPS) is 13.7. The molecular weight excluding hydrogens is 420 g/mol. The van der Waals surface area contributed by atoms with E-state index in [1.807, 2.05) is 38.1 Å². The summed E-state index contributed by atoms with van der Waals surface area (Å²) in [5.41, 5.74) is 8.58. The fraction of sp³-hybridized carbons (Fsp3) is 0.367. The molecule has 0 saturated carbocycles. The van der Waals surface area contributed by atoms with Crippen molar-refractivity contribution in [2.24, 2.45) is 0 Å². The molecule has 0 fully saturated rings. The van der Waals surface area contributed by atoms with Crippen LogP contribution in [0.15, 0.2) is 65.3 Å². The van der Waals surface area contributed by atoms with Gasteiger partial charge in [0.25, 0.3) is 5.91 Å². The van der Waals surface area contributed by atoms with Crippen LogP contribution in [0, 0.1) is 13.8 Å². The Labute approximate surface area is 204 Å². The number of phenols is 1. The van der Waals surface area contributed by atoms with Crippen molar-refractivity contribution in [3.05, 3.63) is 82.0 Å². The van der Waals surface area contributed by atoms with Gasteiger partial charge in [0, 0.05) is 6.54 Å². The predicted octanol–water partition coefficient (Wildman–Crippen LogP) is 8.13. The number of nitrogens with one attached hydrogen (secondary N) is 1. The van der Waals surface area contributed by atoms with Crippen molar-refractivity contribution < 1.29 is 9.90 Å². The van der Waals surface area contributed by atoms with Crippen molar-refractivity contribution in [2.75, 3.05) is 16.8 Å². The Bertz CT molecular complexity index is 1150. The zero-order valence-corrected chi connectivity index (χ0v) is 21.5. The van der Waals surface area contributed by atoms with Crippen LogP contribution in [0.5, 0.6) is 5.75 Å². The maximum atomic E-state index is 13.6. The van der Waals surface area contributed by atoms with E-state index < -0.39 is 0 Å². The van der Waals surface area contributed by atoms with Crippen molar-refractivity contribution in [3.8, 4) is 5.75 Å². The number of anilines is 3. The second-order valence-electron chi connectivity index (χ2n) is 9.68. The Kier molecular flexibility index (Phi) is 8.38. The summed E-state index contributed by atoms with van der Waals surface area (Å²) in [4.78, 5) is 15.4. The molecule has 4 nitrogen and oxygen atoms in total. The first kappa shape index (κ1) is 25.4. The SMILES string of the molecule is CC(C)=CCC/C(C)=C/CC/C(C)=C/CN1C(=O)c2cccc(C)c2Nc2c(O)cc(C)cc21. The number of nitrogens with zero attached hydrogens (tertiary/aromatic N) is 1. The van der Waals surface area contributed by atoms with E-state index in [1.165, 1.54) is 16.7 Å². The third-order valence-electron chi connectivity index (χ3n) is 6.28. The number of benzene rings is 2. The Balaban J connectivity index is 1.80. The topological polar surface area (TPSA) is 52.6 Å². The van der Waals surface area contributed by atoms with Gasteiger partial charge in [-0.1, -0.05) is 47.1 Å². The standard InChI is InChI=1S/C30H38N2O2/c1-20(2)10-7-11-21(3)12-8-13-22(4)16-17-32-26-18-23(5)19-27(33)29(26)31-28-24(6)14-9-15-25(28)30(32)34/h9-10,12,14-16,18-19,31,33H,7-8,11,13,17H2,1-6H3/b21-12+,22-16+. The van der Waals surface area contributed by atoms with Crippen LogP contribution in [0.4, 0.5) is 17.1 Å². The number of allylic oxidation sites excluding steroid dienone is 5. The molecule has 0 radical (unpaired) electrons. The van der Waals surface area contributed by atoms with Crippen LogP contribution in [0.25, 0.3) is 0 Å². The molecular formula is C30H38N2O2. The number of amides is 1. The molecule has 2 aromatic carbocycles. The van der Waals surface area contributed by atoms with Gasteiger partial charge in [-0.25, -0.2) is 0 Å². The maximum absolute atomic E-state index is 13.6. The molecule has 3 rings (SSSR count). The smallest absolute Gasteiger partial charge is 0.260 e. The molecule has 2 N–H and O–H groups in total. The number of aromatic hydroxyl groups is 1. The van der Waals surface area contributed by atoms with E-state index in [2.05, 4.69) is 51.2 Å². The Morgan fingerprint density at radius 3 is 2.32 bits per heavy atom. The highest BCUT2D eigenvalue weighted by molar-refractivity contribution is 6.14. The Morgan fingerprint density at radius 2 is 1.62 bits per heavy atom. The first-order valence-electron chi connectivity index (χ1n) is 12.1. The van der Waals surface area contributed by atoms with Gasteiger partial charge in [-0.2, -0.15) is 0 Å². The number of aryl methyl sites for hydroxylation is 2. The van der Waals surface area contributed by atoms with Crippen molar-refractivity contribution >= 4 is 23.0 Å². The molecule has 1 aliphatic heterocycles. The highest BCUT2D eigenvalue weighted by atomic mass is 16.3. The van der Waals surface area contributed by atoms with E-state index in [0.717, 1.165) is 42.5 Å². The molecule has 0 saturated heterocycles. The van der Waals surface area contributed by atoms with Gasteiger partial charge < -0.3 is 15.3 Å². The van der Waals surface area contributed by atoms with Crippen LogP contribution in [-0.4, -0.2) is 17.6 Å². The lowest BCUT2D eigenvalue weighted by Gasteiger charge is -2.23. The van der Waals surface area contributed by atoms with E-state index in [0.29, 0.717) is 23.5 Å². The number of fused-ring (bicyclic) bond motifs is 2. The summed E-state index contributed by atoms with van der Waals surface area (Å²) in [6.07, 6.45) is 10.9. The van der Waals surface area contributed by atoms with Crippen molar-refractivity contribution in [2.45, 2.75) is 67.2 Å². The third-order valence-corrected chi connectivity index (χ3v) is 6.28. The number of hydrogen-bond donors (Lipinski definition) is 2. The van der Waals surface area contributed by atoms with Crippen LogP contribution in [0.2, 0.25) is 0 Å². The highest BCUT2D eigenvalue weighted by Crippen LogP contribution is 2.43. The summed E-state index contributed by atoms with van der Waals surface area (Å²) >= 11 is 0. The molecule has 4 heteroatoms. The molecule has 0 aromatic heterocycles. The van der Waals surface area contributed by atoms with Gasteiger partial charge in [0.05, 0.1) is 16.9 Å². The number of phenolic OH excluding ortho intramolecular Hbond substituents is 1. The maximum Gasteiger partial charge on any atom is 0.260 e. The lowest BCUT2D eigenvalue weighted by atomic mass is 10.1. The molecule has 1 amide bonds. The quantitative estimate of drug-likeness (QED) is 0.310. The molecule has 1 aliphatic rings. The van der Waals surface area contributed by atoms with Crippen LogP contribution in [0.1, 0.15) is 74.9 Å². The Hall–Kier alpha value is -3.27. The van der Waals surface area contributed by atoms with Crippen molar-refractivity contribution in [1.29, 1.82) is 0 Å². The van der Waals surface area contributed by atoms with Gasteiger partial charge in [-0.05, 0) is 96.6 Å². The number of carbonyl (C=O) groups is 1. The average molecular weight is 459 g/mol. The van der Waals surface area contributed by atoms with Crippen molar-refractivity contribution in [1.82, 2.24) is 0 Å². The molecule has 1 heterocycles. The molecule has 0 unspecified atom stereocenters. The minimum atomic E-state index is -0.0611. The lowest BCUT2D eigenvalue weighted by Crippen LogP contribution is -2.30. The van der Waals surface area contributed by atoms with Crippen LogP contribution in [0.3, 0.4) is 0 Å². The third kappa shape index (κ3) is 6.19. The van der Waals surface area contributed by atoms with E-state index in [1.54, 1.807) is 11.0 Å². The van der Waals surface area contributed by atoms with E-state index in [9.17, 15) is 9.90 Å². The van der Waals surface area contributed by atoms with Gasteiger partial charge in [-0.3, -0.25) is 4.79 Å². The summed E-state index contributed by atoms with van der Waals surface area (Å²) < 4.78 is 0. The number of para-hydroxylation sites is 1. The minimum Gasteiger partial charge on any atom is -0.506 e. The van der Waals surface area contributed by atoms with Crippen LogP contribution in [-0.2, 0) is 0 Å². The van der Waals surface area contributed by atoms with E-state index >= 15 is 0 Å². The second kappa shape index (κ2) is 11.2. The monoisotopic (exact) mass is 458 g/mol. The summed E-state index contributed by atoms with van der Waals surface area (Å²) in [6, 6.07) is 9.41. The fourth-order valence-electron chi connectivity index (χ4n) is 4.25. The lowest BCUT2D eigenvalue weighted by molar-refractivity contribution is 0.0991. The summed E-state index contributed by atoms with van der Waals surface area (Å²) in [6.45, 7) is 13.0. The molecule has 0 bridgehead atoms. The van der Waals surface area contributed by atoms with E-state index in [-0.39, 0.29) is 11.7 Å². The largest absolute Gasteiger partial charge is 0.506 e. The molecule has 2 aromatic rings. The summed E-state index contributed by atoms with van der Waals surface area (Å²) in [5.74, 6) is 0.0901. The number of hydrogen-bond acceptors (Lipinski definition) is 3. The Morgan fingerprint density at radius 1 is 0.941 bits per heavy atom. The molecule has 180 valence electrons. The average Bonchev–Trinajstić information content (AvgIpc) is 2.87. The number of rotatable bonds is 8. The highest BCUT2D eigenvalue weighted by Gasteiger charge is 2.28. The first-order chi connectivity index (χ1) is 16.2. The first-order valence-corrected chi connectivity index (χ1v) is 12.1. The van der Waals surface area contributed by atoms with E-state index in [4.69, 9.17) is 0 Å². The summed E-state index contributed by atoms with van der Waals surface area (Å²) in [7, 11) is 0. The number of carbonyl (C=O) groups excluding carboxylic acids is 1. The van der Waals surface area contributed by atoms with Gasteiger partial charge >= 0.3 is 0 Å².